The van der Waals surface area contributed by atoms with Gasteiger partial charge in [0.2, 0.25) is 0 Å². The molecule has 1 aliphatic rings. The largest absolute Gasteiger partial charge is 0.465 e. The summed E-state index contributed by atoms with van der Waals surface area (Å²) in [5.41, 5.74) is 1.65. The second-order valence-corrected chi connectivity index (χ2v) is 5.47. The normalized spacial score (nSPS) is 13.1. The van der Waals surface area contributed by atoms with E-state index in [0.717, 1.165) is 29.7 Å². The van der Waals surface area contributed by atoms with Crippen molar-refractivity contribution >= 4 is 28.2 Å². The molecule has 7 nitrogen and oxygen atoms in total. The molecule has 0 saturated carbocycles. The first-order chi connectivity index (χ1) is 9.70. The van der Waals surface area contributed by atoms with Gasteiger partial charge >= 0.3 is 5.97 Å². The van der Waals surface area contributed by atoms with Crippen LogP contribution in [0.15, 0.2) is 6.20 Å². The number of rotatable bonds is 3. The lowest BCUT2D eigenvalue weighted by Crippen LogP contribution is -2.15. The highest BCUT2D eigenvalue weighted by molar-refractivity contribution is 7.17. The summed E-state index contributed by atoms with van der Waals surface area (Å²) in [6.07, 6.45) is 4.14. The Kier molecular flexibility index (Phi) is 3.23. The number of thiophene rings is 1. The molecule has 0 spiro atoms. The third-order valence-corrected chi connectivity index (χ3v) is 4.39. The van der Waals surface area contributed by atoms with Crippen molar-refractivity contribution in [3.05, 3.63) is 27.9 Å². The number of aromatic nitrogens is 3. The van der Waals surface area contributed by atoms with Gasteiger partial charge in [-0.15, -0.1) is 11.3 Å². The van der Waals surface area contributed by atoms with Gasteiger partial charge in [-0.2, -0.15) is 15.4 Å². The van der Waals surface area contributed by atoms with Gasteiger partial charge < -0.3 is 10.1 Å². The molecule has 0 aliphatic heterocycles. The molecule has 8 heteroatoms. The van der Waals surface area contributed by atoms with Crippen LogP contribution in [0.5, 0.6) is 0 Å². The van der Waals surface area contributed by atoms with Gasteiger partial charge in [0.25, 0.3) is 5.91 Å². The maximum Gasteiger partial charge on any atom is 0.341 e. The Hall–Kier alpha value is -2.22. The summed E-state index contributed by atoms with van der Waals surface area (Å²) in [7, 11) is 1.34. The number of ether oxygens (including phenoxy) is 1. The summed E-state index contributed by atoms with van der Waals surface area (Å²) in [5.74, 6) is -0.816. The Balaban J connectivity index is 1.93. The number of hydrogen-bond donors (Lipinski definition) is 2. The second kappa shape index (κ2) is 5.04. The fraction of sp³-hybridized carbons (Fsp3) is 0.333. The molecule has 104 valence electrons. The Morgan fingerprint density at radius 1 is 1.45 bits per heavy atom. The summed E-state index contributed by atoms with van der Waals surface area (Å²) in [4.78, 5) is 25.0. The molecular weight excluding hydrogens is 280 g/mol. The maximum absolute atomic E-state index is 12.0. The van der Waals surface area contributed by atoms with E-state index >= 15 is 0 Å². The average molecular weight is 292 g/mol. The lowest BCUT2D eigenvalue weighted by molar-refractivity contribution is 0.0601. The molecule has 1 aliphatic carbocycles. The molecular formula is C12H12N4O3S. The molecule has 2 aromatic heterocycles. The quantitative estimate of drug-likeness (QED) is 0.833. The minimum atomic E-state index is -0.417. The van der Waals surface area contributed by atoms with E-state index in [2.05, 4.69) is 20.7 Å². The summed E-state index contributed by atoms with van der Waals surface area (Å²) in [5, 5.41) is 12.9. The smallest absolute Gasteiger partial charge is 0.341 e. The summed E-state index contributed by atoms with van der Waals surface area (Å²) >= 11 is 1.43. The zero-order chi connectivity index (χ0) is 14.1. The number of hydrogen-bond acceptors (Lipinski definition) is 6. The lowest BCUT2D eigenvalue weighted by atomic mass is 10.1. The van der Waals surface area contributed by atoms with Gasteiger partial charge in [0.1, 0.15) is 5.00 Å². The molecule has 0 bridgehead atoms. The number of carbonyl (C=O) groups is 2. The van der Waals surface area contributed by atoms with Crippen LogP contribution in [-0.2, 0) is 17.6 Å². The number of methoxy groups -OCH3 is 1. The summed E-state index contributed by atoms with van der Waals surface area (Å²) in [6, 6.07) is 0. The van der Waals surface area contributed by atoms with Crippen LogP contribution < -0.4 is 5.32 Å². The van der Waals surface area contributed by atoms with Crippen LogP contribution in [-0.4, -0.2) is 34.4 Å². The van der Waals surface area contributed by atoms with Gasteiger partial charge in [0.15, 0.2) is 5.69 Å². The van der Waals surface area contributed by atoms with Crippen molar-refractivity contribution in [1.29, 1.82) is 0 Å². The number of aryl methyl sites for hydroxylation is 1. The van der Waals surface area contributed by atoms with Crippen LogP contribution >= 0.6 is 11.3 Å². The van der Waals surface area contributed by atoms with E-state index in [9.17, 15) is 9.59 Å². The van der Waals surface area contributed by atoms with Crippen molar-refractivity contribution < 1.29 is 14.3 Å². The number of esters is 1. The van der Waals surface area contributed by atoms with Crippen molar-refractivity contribution in [1.82, 2.24) is 15.4 Å². The standard InChI is InChI=1S/C12H12N4O3S/c1-19-12(18)9-6-3-2-4-8(6)20-11(9)14-10(17)7-5-13-16-15-7/h5H,2-4H2,1H3,(H,14,17)(H,13,15,16). The molecule has 0 atom stereocenters. The number of amides is 1. The van der Waals surface area contributed by atoms with Crippen LogP contribution in [0.2, 0.25) is 0 Å². The highest BCUT2D eigenvalue weighted by Crippen LogP contribution is 2.39. The first-order valence-electron chi connectivity index (χ1n) is 6.10. The Labute approximate surface area is 118 Å². The zero-order valence-electron chi connectivity index (χ0n) is 10.7. The highest BCUT2D eigenvalue weighted by Gasteiger charge is 2.28. The van der Waals surface area contributed by atoms with E-state index in [-0.39, 0.29) is 5.69 Å². The van der Waals surface area contributed by atoms with Gasteiger partial charge in [-0.1, -0.05) is 0 Å². The van der Waals surface area contributed by atoms with E-state index in [1.54, 1.807) is 0 Å². The SMILES string of the molecule is COC(=O)c1c(NC(=O)c2cn[nH]n2)sc2c1CCC2. The van der Waals surface area contributed by atoms with Gasteiger partial charge in [-0.05, 0) is 24.8 Å². The lowest BCUT2D eigenvalue weighted by Gasteiger charge is -2.05. The molecule has 0 radical (unpaired) electrons. The Morgan fingerprint density at radius 3 is 3.00 bits per heavy atom. The van der Waals surface area contributed by atoms with Crippen LogP contribution in [0.25, 0.3) is 0 Å². The van der Waals surface area contributed by atoms with E-state index in [4.69, 9.17) is 4.74 Å². The molecule has 0 fully saturated rings. The number of anilines is 1. The molecule has 1 amide bonds. The van der Waals surface area contributed by atoms with Crippen molar-refractivity contribution in [2.45, 2.75) is 19.3 Å². The van der Waals surface area contributed by atoms with E-state index < -0.39 is 11.9 Å². The third-order valence-electron chi connectivity index (χ3n) is 3.19. The van der Waals surface area contributed by atoms with Crippen molar-refractivity contribution in [3.8, 4) is 0 Å². The third kappa shape index (κ3) is 2.07. The molecule has 0 unspecified atom stereocenters. The van der Waals surface area contributed by atoms with Crippen LogP contribution in [0.1, 0.15) is 37.7 Å². The van der Waals surface area contributed by atoms with Gasteiger partial charge in [0.05, 0.1) is 18.9 Å². The number of nitrogens with one attached hydrogen (secondary N) is 2. The number of carbonyl (C=O) groups excluding carboxylic acids is 2. The minimum absolute atomic E-state index is 0.175. The van der Waals surface area contributed by atoms with Crippen molar-refractivity contribution in [3.63, 3.8) is 0 Å². The predicted molar refractivity (Wildman–Crippen MR) is 72.0 cm³/mol. The van der Waals surface area contributed by atoms with Gasteiger partial charge in [-0.25, -0.2) is 4.79 Å². The number of H-pyrrole nitrogens is 1. The van der Waals surface area contributed by atoms with Crippen LogP contribution in [0.4, 0.5) is 5.00 Å². The molecule has 2 N–H and O–H groups in total. The minimum Gasteiger partial charge on any atom is -0.465 e. The number of nitrogens with zero attached hydrogens (tertiary/aromatic N) is 2. The Bertz CT molecular complexity index is 663. The number of aromatic amines is 1. The van der Waals surface area contributed by atoms with Gasteiger partial charge in [0, 0.05) is 4.88 Å². The van der Waals surface area contributed by atoms with E-state index in [1.807, 2.05) is 0 Å². The molecule has 2 heterocycles. The van der Waals surface area contributed by atoms with E-state index in [1.165, 1.54) is 24.6 Å². The fourth-order valence-electron chi connectivity index (χ4n) is 2.29. The van der Waals surface area contributed by atoms with Crippen molar-refractivity contribution in [2.24, 2.45) is 0 Å². The fourth-order valence-corrected chi connectivity index (χ4v) is 3.56. The van der Waals surface area contributed by atoms with E-state index in [0.29, 0.717) is 10.6 Å². The first kappa shape index (κ1) is 12.8. The summed E-state index contributed by atoms with van der Waals surface area (Å²) in [6.45, 7) is 0. The van der Waals surface area contributed by atoms with Crippen LogP contribution in [0, 0.1) is 0 Å². The molecule has 0 saturated heterocycles. The predicted octanol–water partition coefficient (Wildman–Crippen LogP) is 1.39. The average Bonchev–Trinajstić information content (AvgIpc) is 3.13. The summed E-state index contributed by atoms with van der Waals surface area (Å²) < 4.78 is 4.82. The molecule has 3 rings (SSSR count). The molecule has 0 aromatic carbocycles. The topological polar surface area (TPSA) is 97.0 Å². The second-order valence-electron chi connectivity index (χ2n) is 4.36. The highest BCUT2D eigenvalue weighted by atomic mass is 32.1. The first-order valence-corrected chi connectivity index (χ1v) is 6.92. The zero-order valence-corrected chi connectivity index (χ0v) is 11.5. The molecule has 20 heavy (non-hydrogen) atoms. The van der Waals surface area contributed by atoms with Crippen LogP contribution in [0.3, 0.4) is 0 Å². The Morgan fingerprint density at radius 2 is 2.30 bits per heavy atom. The van der Waals surface area contributed by atoms with Gasteiger partial charge in [-0.3, -0.25) is 4.79 Å². The van der Waals surface area contributed by atoms with Crippen molar-refractivity contribution in [2.75, 3.05) is 12.4 Å². The monoisotopic (exact) mass is 292 g/mol. The molecule has 2 aromatic rings. The number of fused-ring (bicyclic) bond motifs is 1. The maximum atomic E-state index is 12.0.